The molecule has 10 nitrogen and oxygen atoms in total. The van der Waals surface area contributed by atoms with Crippen LogP contribution >= 0.6 is 11.3 Å². The van der Waals surface area contributed by atoms with E-state index in [9.17, 15) is 19.5 Å². The van der Waals surface area contributed by atoms with Gasteiger partial charge in [-0.1, -0.05) is 36.5 Å². The first-order valence-corrected chi connectivity index (χ1v) is 13.7. The second kappa shape index (κ2) is 10.9. The third-order valence-corrected chi connectivity index (χ3v) is 7.61. The van der Waals surface area contributed by atoms with Crippen LogP contribution in [-0.4, -0.2) is 50.3 Å². The fraction of sp³-hybridized carbons (Fsp3) is 0.276. The van der Waals surface area contributed by atoms with Crippen molar-refractivity contribution in [3.63, 3.8) is 0 Å². The van der Waals surface area contributed by atoms with Gasteiger partial charge in [0.1, 0.15) is 22.0 Å². The minimum absolute atomic E-state index is 0.114. The topological polar surface area (TPSA) is 123 Å². The minimum Gasteiger partial charge on any atom is -0.505 e. The van der Waals surface area contributed by atoms with E-state index >= 15 is 0 Å². The number of aliphatic hydroxyl groups is 1. The van der Waals surface area contributed by atoms with Gasteiger partial charge in [-0.2, -0.15) is 0 Å². The van der Waals surface area contributed by atoms with E-state index in [1.54, 1.807) is 67.8 Å². The van der Waals surface area contributed by atoms with Crippen molar-refractivity contribution in [2.45, 2.75) is 40.2 Å². The van der Waals surface area contributed by atoms with Gasteiger partial charge < -0.3 is 14.6 Å². The molecule has 1 N–H and O–H groups in total. The molecule has 0 radical (unpaired) electrons. The first-order valence-electron chi connectivity index (χ1n) is 12.9. The normalized spacial score (nSPS) is 16.6. The average Bonchev–Trinajstić information content (AvgIpc) is 3.57. The molecule has 4 heterocycles. The summed E-state index contributed by atoms with van der Waals surface area (Å²) in [6.45, 7) is 7.71. The zero-order valence-electron chi connectivity index (χ0n) is 22.5. The maximum absolute atomic E-state index is 13.7. The lowest BCUT2D eigenvalue weighted by atomic mass is 9.96. The number of ketones is 1. The summed E-state index contributed by atoms with van der Waals surface area (Å²) in [6.07, 6.45) is 2.52. The number of fused-ring (bicyclic) bond motifs is 1. The van der Waals surface area contributed by atoms with Crippen LogP contribution in [0.4, 0.5) is 5.13 Å². The molecular weight excluding hydrogens is 532 g/mol. The van der Waals surface area contributed by atoms with Crippen LogP contribution < -0.4 is 9.64 Å². The zero-order chi connectivity index (χ0) is 28.6. The number of Topliss-reactive ketones (excluding diaryl/α,β-unsaturated/α-hetero) is 1. The van der Waals surface area contributed by atoms with Crippen molar-refractivity contribution in [1.82, 2.24) is 14.4 Å². The Balaban J connectivity index is 1.73. The van der Waals surface area contributed by atoms with Crippen LogP contribution in [0.5, 0.6) is 5.75 Å². The smallest absolute Gasteiger partial charge is 0.350 e. The molecule has 0 spiro atoms. The van der Waals surface area contributed by atoms with Crippen molar-refractivity contribution in [1.29, 1.82) is 0 Å². The second-order valence-electron chi connectivity index (χ2n) is 9.20. The van der Waals surface area contributed by atoms with Crippen LogP contribution in [0.15, 0.2) is 54.2 Å². The van der Waals surface area contributed by atoms with Crippen LogP contribution in [0, 0.1) is 13.8 Å². The summed E-state index contributed by atoms with van der Waals surface area (Å²) in [5, 5.41) is 11.8. The lowest BCUT2D eigenvalue weighted by Crippen LogP contribution is -2.29. The van der Waals surface area contributed by atoms with E-state index in [2.05, 4.69) is 9.97 Å². The van der Waals surface area contributed by atoms with E-state index in [1.807, 2.05) is 13.0 Å². The molecular formula is C29H28N4O6S. The Morgan fingerprint density at radius 2 is 1.88 bits per heavy atom. The summed E-state index contributed by atoms with van der Waals surface area (Å²) in [4.78, 5) is 50.2. The molecule has 1 aliphatic heterocycles. The van der Waals surface area contributed by atoms with E-state index in [0.29, 0.717) is 40.6 Å². The largest absolute Gasteiger partial charge is 0.505 e. The number of ether oxygens (including phenoxy) is 2. The summed E-state index contributed by atoms with van der Waals surface area (Å²) < 4.78 is 12.6. The minimum atomic E-state index is -1.04. The molecule has 1 saturated heterocycles. The Kier molecular flexibility index (Phi) is 7.40. The van der Waals surface area contributed by atoms with Crippen LogP contribution in [0.3, 0.4) is 0 Å². The quantitative estimate of drug-likeness (QED) is 0.138. The summed E-state index contributed by atoms with van der Waals surface area (Å²) in [7, 11) is 0. The van der Waals surface area contributed by atoms with Crippen LogP contribution in [-0.2, 0) is 14.3 Å². The predicted molar refractivity (Wildman–Crippen MR) is 150 cm³/mol. The molecule has 0 saturated carbocycles. The first-order chi connectivity index (χ1) is 19.3. The molecule has 1 unspecified atom stereocenters. The number of amides is 1. The highest BCUT2D eigenvalue weighted by atomic mass is 32.1. The first kappa shape index (κ1) is 27.1. The maximum Gasteiger partial charge on any atom is 0.350 e. The number of hydrogen-bond donors (Lipinski definition) is 1. The molecule has 3 aromatic heterocycles. The number of thiazole rings is 1. The number of aromatic nitrogens is 3. The average molecular weight is 561 g/mol. The van der Waals surface area contributed by atoms with Crippen molar-refractivity contribution in [2.24, 2.45) is 0 Å². The van der Waals surface area contributed by atoms with Gasteiger partial charge in [0.2, 0.25) is 0 Å². The second-order valence-corrected chi connectivity index (χ2v) is 10.2. The Morgan fingerprint density at radius 3 is 2.62 bits per heavy atom. The van der Waals surface area contributed by atoms with Crippen molar-refractivity contribution < 1.29 is 29.0 Å². The number of esters is 1. The number of aryl methyl sites for hydroxylation is 2. The van der Waals surface area contributed by atoms with E-state index in [4.69, 9.17) is 9.47 Å². The monoisotopic (exact) mass is 560 g/mol. The van der Waals surface area contributed by atoms with Gasteiger partial charge in [0.05, 0.1) is 36.2 Å². The van der Waals surface area contributed by atoms with Crippen LogP contribution in [0.2, 0.25) is 0 Å². The highest BCUT2D eigenvalue weighted by Crippen LogP contribution is 2.44. The Bertz CT molecular complexity index is 1670. The van der Waals surface area contributed by atoms with Gasteiger partial charge in [-0.3, -0.25) is 18.9 Å². The molecule has 1 fully saturated rings. The van der Waals surface area contributed by atoms with Gasteiger partial charge >= 0.3 is 11.9 Å². The molecule has 1 amide bonds. The molecule has 5 rings (SSSR count). The molecule has 0 aliphatic carbocycles. The molecule has 0 bridgehead atoms. The molecule has 1 aromatic carbocycles. The Morgan fingerprint density at radius 1 is 1.07 bits per heavy atom. The van der Waals surface area contributed by atoms with Crippen molar-refractivity contribution >= 4 is 45.5 Å². The molecule has 4 aromatic rings. The van der Waals surface area contributed by atoms with Crippen LogP contribution in [0.1, 0.15) is 58.6 Å². The number of pyridine rings is 1. The standard InChI is InChI=1S/C29H28N4O6S/c1-5-14-39-19-11-9-10-18(15-19)23-21(24(34)22-16(3)30-20-12-7-8-13-32(20)22)25(35)27(36)33(23)29-31-17(4)26(40-29)28(37)38-6-2/h7-13,15,23,34H,5-6,14H2,1-4H3. The zero-order valence-corrected chi connectivity index (χ0v) is 23.3. The van der Waals surface area contributed by atoms with Crippen molar-refractivity contribution in [2.75, 3.05) is 18.1 Å². The molecule has 206 valence electrons. The summed E-state index contributed by atoms with van der Waals surface area (Å²) in [6, 6.07) is 11.4. The molecule has 1 aliphatic rings. The number of carbonyl (C=O) groups excluding carboxylic acids is 3. The number of imidazole rings is 1. The van der Waals surface area contributed by atoms with Gasteiger partial charge in [0, 0.05) is 6.20 Å². The summed E-state index contributed by atoms with van der Waals surface area (Å²) in [5.74, 6) is -2.12. The van der Waals surface area contributed by atoms with Gasteiger partial charge in [0.25, 0.3) is 5.78 Å². The number of rotatable bonds is 8. The highest BCUT2D eigenvalue weighted by molar-refractivity contribution is 7.17. The Labute approximate surface area is 234 Å². The lowest BCUT2D eigenvalue weighted by Gasteiger charge is -2.23. The van der Waals surface area contributed by atoms with E-state index in [-0.39, 0.29) is 27.9 Å². The predicted octanol–water partition coefficient (Wildman–Crippen LogP) is 5.00. The molecule has 1 atom stereocenters. The third-order valence-electron chi connectivity index (χ3n) is 6.47. The fourth-order valence-corrected chi connectivity index (χ4v) is 5.72. The fourth-order valence-electron chi connectivity index (χ4n) is 4.74. The number of aliphatic hydroxyl groups excluding tert-OH is 1. The SMILES string of the molecule is CCCOc1cccc(C2C(=C(O)c3c(C)nc4ccccn34)C(=O)C(=O)N2c2nc(C)c(C(=O)OCC)s2)c1. The molecule has 40 heavy (non-hydrogen) atoms. The van der Waals surface area contributed by atoms with E-state index in [0.717, 1.165) is 17.8 Å². The molecule has 11 heteroatoms. The number of nitrogens with zero attached hydrogens (tertiary/aromatic N) is 4. The Hall–Kier alpha value is -4.51. The number of anilines is 1. The van der Waals surface area contributed by atoms with Gasteiger partial charge in [0.15, 0.2) is 10.9 Å². The number of carbonyl (C=O) groups is 3. The van der Waals surface area contributed by atoms with Gasteiger partial charge in [-0.05, 0) is 57.0 Å². The number of benzene rings is 1. The van der Waals surface area contributed by atoms with Crippen molar-refractivity contribution in [3.05, 3.63) is 81.8 Å². The lowest BCUT2D eigenvalue weighted by molar-refractivity contribution is -0.132. The van der Waals surface area contributed by atoms with Crippen LogP contribution in [0.25, 0.3) is 11.4 Å². The van der Waals surface area contributed by atoms with Gasteiger partial charge in [-0.15, -0.1) is 0 Å². The summed E-state index contributed by atoms with van der Waals surface area (Å²) >= 11 is 0.958. The third kappa shape index (κ3) is 4.62. The van der Waals surface area contributed by atoms with Crippen molar-refractivity contribution in [3.8, 4) is 5.75 Å². The van der Waals surface area contributed by atoms with E-state index in [1.165, 1.54) is 4.90 Å². The summed E-state index contributed by atoms with van der Waals surface area (Å²) in [5.41, 5.74) is 2.17. The highest BCUT2D eigenvalue weighted by Gasteiger charge is 2.49. The maximum atomic E-state index is 13.7. The number of hydrogen-bond acceptors (Lipinski definition) is 9. The van der Waals surface area contributed by atoms with Gasteiger partial charge in [-0.25, -0.2) is 14.8 Å². The van der Waals surface area contributed by atoms with E-state index < -0.39 is 23.7 Å².